The Morgan fingerprint density at radius 2 is 0.629 bits per heavy atom. The maximum Gasteiger partial charge on any atom is 0.325 e. The molecular weight excluding hydrogens is 1740 g/mol. The molecule has 0 spiro atoms. The zero-order valence-corrected chi connectivity index (χ0v) is 73.2. The van der Waals surface area contributed by atoms with Crippen LogP contribution in [0.4, 0.5) is 0 Å². The fourth-order valence-corrected chi connectivity index (χ4v) is 12.5. The fourth-order valence-electron chi connectivity index (χ4n) is 12.5. The number of phenolic OH excluding ortho intramolecular Hbond substituents is 2. The van der Waals surface area contributed by atoms with Crippen LogP contribution < -0.4 is 113 Å². The Kier molecular flexibility index (Phi) is 49.1. The number of hydrogen-bond acceptors (Lipinski definition) is 29. The molecule has 0 bridgehead atoms. The Labute approximate surface area is 756 Å². The molecule has 0 heterocycles. The summed E-state index contributed by atoms with van der Waals surface area (Å²) in [5, 5.41) is 157. The predicted octanol–water partition coefficient (Wildman–Crippen LogP) is -11.1. The summed E-state index contributed by atoms with van der Waals surface area (Å²) < 4.78 is 0. The molecule has 0 saturated carbocycles. The van der Waals surface area contributed by atoms with Crippen molar-refractivity contribution in [1.29, 1.82) is 10.8 Å². The second-order valence-corrected chi connectivity index (χ2v) is 31.1. The largest absolute Gasteiger partial charge is 0.508 e. The van der Waals surface area contributed by atoms with Crippen molar-refractivity contribution >= 4 is 118 Å². The lowest BCUT2D eigenvalue weighted by Gasteiger charge is -2.29. The summed E-state index contributed by atoms with van der Waals surface area (Å²) in [5.41, 5.74) is 22.8. The predicted molar refractivity (Wildman–Crippen MR) is 465 cm³/mol. The molecule has 132 heavy (non-hydrogen) atoms. The minimum Gasteiger partial charge on any atom is -0.508 e. The monoisotopic (exact) mass is 1870 g/mol. The van der Waals surface area contributed by atoms with Crippen LogP contribution in [-0.2, 0) is 106 Å². The van der Waals surface area contributed by atoms with Gasteiger partial charge in [0.05, 0.1) is 51.4 Å². The molecule has 3 rings (SSSR count). The van der Waals surface area contributed by atoms with Gasteiger partial charge in [0, 0.05) is 32.4 Å². The van der Waals surface area contributed by atoms with Crippen LogP contribution in [0.25, 0.3) is 0 Å². The molecule has 37 N–H and O–H groups in total. The van der Waals surface area contributed by atoms with Crippen molar-refractivity contribution in [3.63, 3.8) is 0 Å². The van der Waals surface area contributed by atoms with Gasteiger partial charge in [-0.25, -0.2) is 0 Å². The molecule has 730 valence electrons. The number of carboxylic acid groups (broad SMARTS) is 3. The Bertz CT molecular complexity index is 4420. The van der Waals surface area contributed by atoms with Gasteiger partial charge in [0.25, 0.3) is 0 Å². The zero-order chi connectivity index (χ0) is 99.2. The molecule has 0 radical (unpaired) electrons. The fraction of sp³-hybridized carbons (Fsp3) is 0.531. The Morgan fingerprint density at radius 3 is 0.970 bits per heavy atom. The van der Waals surface area contributed by atoms with Gasteiger partial charge >= 0.3 is 17.9 Å². The highest BCUT2D eigenvalue weighted by atomic mass is 16.4. The SMILES string of the molecule is CC(C)C[C@H](NC(=O)[C@H](Cc1ccc(O)cc1)NC(=O)[C@H](CCCCN)NC(=O)[C@H](CO)NC(=O)[C@H](Cc1ccc(O)cc1)NC(=O)[C@H](CC(=O)O)NC(=O)[C@H](CO)NC(=O)[C@@H](NC(=O)[C@H](Cc1ccccc1)NC(=O)[C@@H](NC(=O)CN)[C@@H](C)O)[C@@H](C)O)C(=O)N[C@@H](CC(=O)O)C(=O)N[C@@H](CO)C(=O)N[C@@H](CCCNC(=N)N)C(=O)N[C@@H](CCCNC(=N)N)C(=O)N[C@@H](C)C(=O)O. The van der Waals surface area contributed by atoms with Crippen molar-refractivity contribution < 1.29 is 137 Å². The number of unbranched alkanes of at least 4 members (excludes halogenated alkanes) is 1. The van der Waals surface area contributed by atoms with Crippen LogP contribution in [-0.4, -0.2) is 318 Å². The smallest absolute Gasteiger partial charge is 0.325 e. The van der Waals surface area contributed by atoms with Crippen molar-refractivity contribution in [3.8, 4) is 11.5 Å². The van der Waals surface area contributed by atoms with Gasteiger partial charge in [-0.15, -0.1) is 0 Å². The molecular formula is C81H123N23O28. The molecule has 0 aliphatic carbocycles. The van der Waals surface area contributed by atoms with E-state index >= 15 is 0 Å². The second-order valence-electron chi connectivity index (χ2n) is 31.1. The van der Waals surface area contributed by atoms with Crippen LogP contribution >= 0.6 is 0 Å². The summed E-state index contributed by atoms with van der Waals surface area (Å²) in [6.45, 7) is 2.03. The van der Waals surface area contributed by atoms with E-state index in [1.807, 2.05) is 0 Å². The van der Waals surface area contributed by atoms with Crippen molar-refractivity contribution in [2.24, 2.45) is 28.9 Å². The van der Waals surface area contributed by atoms with Crippen molar-refractivity contribution in [2.75, 3.05) is 46.0 Å². The molecule has 0 saturated heterocycles. The van der Waals surface area contributed by atoms with Gasteiger partial charge in [0.15, 0.2) is 11.9 Å². The van der Waals surface area contributed by atoms with E-state index in [-0.39, 0.29) is 100 Å². The highest BCUT2D eigenvalue weighted by Crippen LogP contribution is 2.18. The summed E-state index contributed by atoms with van der Waals surface area (Å²) in [5.74, 6) is -25.3. The van der Waals surface area contributed by atoms with E-state index < -0.39 is 279 Å². The number of benzene rings is 3. The first-order valence-electron chi connectivity index (χ1n) is 41.8. The molecule has 17 atom stereocenters. The van der Waals surface area contributed by atoms with Gasteiger partial charge in [-0.1, -0.05) is 68.4 Å². The maximum absolute atomic E-state index is 14.8. The Balaban J connectivity index is 1.99. The Hall–Kier alpha value is -14.0. The second kappa shape index (κ2) is 57.8. The molecule has 0 aliphatic rings. The number of carbonyl (C=O) groups excluding carboxylic acids is 15. The standard InChI is InChI=1S/C81H123N23O28/c1-39(2)29-51(68(120)97-56(34-62(115)116)72(124)101-58(37-106)75(127)93-50(17-12-28-89-81(86)87)66(118)91-49(16-11-27-88-80(84)85)65(117)90-40(3)79(131)132)94-69(121)52(31-44-18-22-46(110)23-19-44)95-67(119)48(15-9-10-26-82)92-74(126)57(36-105)100-70(122)53(32-45-20-24-47(111)25-21-45)96-71(123)55(33-61(113)114)98-76(128)59(38-107)102-78(130)64(42(5)109)104-73(125)54(30-43-13-7-6-8-14-43)99-77(129)63(41(4)108)103-60(112)35-83/h6-8,13-14,18-25,39-42,48-59,63-64,105-111H,9-12,15-17,26-38,82-83H2,1-5H3,(H,90,117)(H,91,118)(H,92,126)(H,93,127)(H,94,121)(H,95,119)(H,96,123)(H,97,120)(H,98,128)(H,99,129)(H,100,122)(H,101,124)(H,102,130)(H,103,112)(H,104,125)(H,113,114)(H,115,116)(H,131,132)(H4,84,85,88)(H4,86,87,89)/t40-,41+,42+,48-,49-,50-,51-,52-,53-,54-,55-,56-,57-,58-,59-,63-,64-/m0/s1. The maximum atomic E-state index is 14.8. The molecule has 51 heteroatoms. The van der Waals surface area contributed by atoms with Gasteiger partial charge in [-0.05, 0) is 126 Å². The lowest BCUT2D eigenvalue weighted by Crippen LogP contribution is -2.63. The van der Waals surface area contributed by atoms with Gasteiger partial charge in [-0.3, -0.25) is 97.1 Å². The summed E-state index contributed by atoms with van der Waals surface area (Å²) in [6.07, 6.45) is -8.03. The van der Waals surface area contributed by atoms with Crippen molar-refractivity contribution in [2.45, 2.75) is 221 Å². The number of amides is 15. The van der Waals surface area contributed by atoms with Gasteiger partial charge in [-0.2, -0.15) is 0 Å². The third kappa shape index (κ3) is 41.2. The minimum absolute atomic E-state index is 0.0105. The van der Waals surface area contributed by atoms with Crippen LogP contribution in [0.5, 0.6) is 11.5 Å². The van der Waals surface area contributed by atoms with Gasteiger partial charge < -0.3 is 164 Å². The summed E-state index contributed by atoms with van der Waals surface area (Å²) in [4.78, 5) is 247. The van der Waals surface area contributed by atoms with Crippen LogP contribution in [0.2, 0.25) is 0 Å². The Morgan fingerprint density at radius 1 is 0.341 bits per heavy atom. The van der Waals surface area contributed by atoms with Gasteiger partial charge in [0.1, 0.15) is 102 Å². The third-order valence-electron chi connectivity index (χ3n) is 19.6. The number of aliphatic hydroxyl groups is 5. The van der Waals surface area contributed by atoms with E-state index in [2.05, 4.69) is 90.4 Å². The lowest BCUT2D eigenvalue weighted by atomic mass is 10.00. The molecule has 15 amide bonds. The van der Waals surface area contributed by atoms with E-state index in [4.69, 9.17) is 33.8 Å². The number of aliphatic hydroxyl groups excluding tert-OH is 5. The minimum atomic E-state index is -2.22. The van der Waals surface area contributed by atoms with E-state index in [0.29, 0.717) is 5.56 Å². The first kappa shape index (κ1) is 112. The molecule has 3 aromatic rings. The van der Waals surface area contributed by atoms with E-state index in [0.717, 1.165) is 20.8 Å². The van der Waals surface area contributed by atoms with E-state index in [1.165, 1.54) is 48.5 Å². The number of aromatic hydroxyl groups is 2. The quantitative estimate of drug-likeness (QED) is 0.0142. The number of guanidine groups is 2. The van der Waals surface area contributed by atoms with Crippen LogP contribution in [0, 0.1) is 16.7 Å². The zero-order valence-electron chi connectivity index (χ0n) is 73.2. The normalized spacial score (nSPS) is 14.9. The van der Waals surface area contributed by atoms with Crippen LogP contribution in [0.3, 0.4) is 0 Å². The van der Waals surface area contributed by atoms with E-state index in [9.17, 15) is 137 Å². The summed E-state index contributed by atoms with van der Waals surface area (Å²) in [7, 11) is 0. The highest BCUT2D eigenvalue weighted by Gasteiger charge is 2.41. The number of phenols is 2. The summed E-state index contributed by atoms with van der Waals surface area (Å²) in [6, 6.07) is -9.69. The average molecular weight is 1870 g/mol. The number of carboxylic acids is 3. The van der Waals surface area contributed by atoms with Gasteiger partial charge in [0.2, 0.25) is 88.6 Å². The number of hydrogen-bond donors (Lipinski definition) is 33. The summed E-state index contributed by atoms with van der Waals surface area (Å²) >= 11 is 0. The first-order chi connectivity index (χ1) is 62.2. The van der Waals surface area contributed by atoms with Crippen LogP contribution in [0.15, 0.2) is 78.9 Å². The highest BCUT2D eigenvalue weighted by molar-refractivity contribution is 6.02. The topological polar surface area (TPSA) is 866 Å². The number of aliphatic carboxylic acids is 3. The average Bonchev–Trinajstić information content (AvgIpc) is 0.783. The first-order valence-corrected chi connectivity index (χ1v) is 41.8. The van der Waals surface area contributed by atoms with Crippen molar-refractivity contribution in [3.05, 3.63) is 95.6 Å². The molecule has 3 aromatic carbocycles. The van der Waals surface area contributed by atoms with Crippen molar-refractivity contribution in [1.82, 2.24) is 90.4 Å². The van der Waals surface area contributed by atoms with Crippen LogP contribution in [0.1, 0.15) is 116 Å². The number of carbonyl (C=O) groups is 18. The molecule has 51 nitrogen and oxygen atoms in total. The number of rotatable bonds is 60. The molecule has 0 unspecified atom stereocenters. The number of nitrogens with one attached hydrogen (secondary N) is 19. The molecule has 0 aliphatic heterocycles. The molecule has 0 fully saturated rings. The third-order valence-corrected chi connectivity index (χ3v) is 19.6. The number of nitrogens with two attached hydrogens (primary N) is 4. The lowest BCUT2D eigenvalue weighted by molar-refractivity contribution is -0.142. The van der Waals surface area contributed by atoms with E-state index in [1.54, 1.807) is 44.2 Å². The molecule has 0 aromatic heterocycles.